The van der Waals surface area contributed by atoms with Gasteiger partial charge in [0.15, 0.2) is 0 Å². The van der Waals surface area contributed by atoms with Gasteiger partial charge in [-0.05, 0) is 25.2 Å². The fraction of sp³-hybridized carbons (Fsp3) is 0.273. The van der Waals surface area contributed by atoms with E-state index >= 15 is 0 Å². The molecule has 0 saturated heterocycles. The van der Waals surface area contributed by atoms with Crippen molar-refractivity contribution < 1.29 is 0 Å². The topological polar surface area (TPSA) is 74.8 Å². The number of aromatic amines is 1. The maximum Gasteiger partial charge on any atom is 0.264 e. The highest BCUT2D eigenvalue weighted by atomic mass is 16.1. The summed E-state index contributed by atoms with van der Waals surface area (Å²) in [6.07, 6.45) is 1.65. The van der Waals surface area contributed by atoms with Crippen molar-refractivity contribution >= 4 is 0 Å². The van der Waals surface area contributed by atoms with Gasteiger partial charge >= 0.3 is 0 Å². The summed E-state index contributed by atoms with van der Waals surface area (Å²) in [6.45, 7) is 1.34. The highest BCUT2D eigenvalue weighted by molar-refractivity contribution is 5.01. The van der Waals surface area contributed by atoms with Gasteiger partial charge in [0, 0.05) is 25.4 Å². The first-order chi connectivity index (χ1) is 8.24. The van der Waals surface area contributed by atoms with E-state index in [9.17, 15) is 4.79 Å². The smallest absolute Gasteiger partial charge is 0.264 e. The van der Waals surface area contributed by atoms with Crippen molar-refractivity contribution in [3.8, 4) is 0 Å². The standard InChI is InChI=1S/C11H13N5O/c1-16(7-9-3-2-6-12-13-9)8-10-4-5-11(17)15-14-10/h2-6H,7-8H2,1H3,(H,15,17). The molecule has 0 spiro atoms. The van der Waals surface area contributed by atoms with E-state index < -0.39 is 0 Å². The summed E-state index contributed by atoms with van der Waals surface area (Å²) >= 11 is 0. The van der Waals surface area contributed by atoms with Crippen LogP contribution in [0, 0.1) is 0 Å². The van der Waals surface area contributed by atoms with E-state index in [0.717, 1.165) is 11.4 Å². The quantitative estimate of drug-likeness (QED) is 0.813. The summed E-state index contributed by atoms with van der Waals surface area (Å²) in [5.74, 6) is 0. The molecule has 0 aliphatic carbocycles. The molecule has 0 aromatic carbocycles. The third-order valence-corrected chi connectivity index (χ3v) is 2.23. The second-order valence-corrected chi connectivity index (χ2v) is 3.80. The average molecular weight is 231 g/mol. The van der Waals surface area contributed by atoms with Gasteiger partial charge in [-0.3, -0.25) is 9.69 Å². The summed E-state index contributed by atoms with van der Waals surface area (Å²) in [5, 5.41) is 14.2. The van der Waals surface area contributed by atoms with Gasteiger partial charge in [0.2, 0.25) is 0 Å². The summed E-state index contributed by atoms with van der Waals surface area (Å²) in [5.41, 5.74) is 1.53. The third-order valence-electron chi connectivity index (χ3n) is 2.23. The first-order valence-corrected chi connectivity index (χ1v) is 5.24. The first-order valence-electron chi connectivity index (χ1n) is 5.24. The molecule has 0 fully saturated rings. The lowest BCUT2D eigenvalue weighted by Gasteiger charge is -2.14. The van der Waals surface area contributed by atoms with Crippen LogP contribution >= 0.6 is 0 Å². The summed E-state index contributed by atoms with van der Waals surface area (Å²) in [4.78, 5) is 12.9. The van der Waals surface area contributed by atoms with Gasteiger partial charge in [-0.1, -0.05) is 0 Å². The molecule has 1 N–H and O–H groups in total. The molecular formula is C11H13N5O. The maximum atomic E-state index is 10.8. The van der Waals surface area contributed by atoms with Gasteiger partial charge < -0.3 is 0 Å². The molecule has 17 heavy (non-hydrogen) atoms. The Morgan fingerprint density at radius 1 is 1.24 bits per heavy atom. The fourth-order valence-electron chi connectivity index (χ4n) is 1.49. The molecule has 0 unspecified atom stereocenters. The Balaban J connectivity index is 1.95. The second-order valence-electron chi connectivity index (χ2n) is 3.80. The van der Waals surface area contributed by atoms with Crippen LogP contribution in [0.15, 0.2) is 35.3 Å². The molecular weight excluding hydrogens is 218 g/mol. The molecule has 2 heterocycles. The minimum absolute atomic E-state index is 0.190. The second kappa shape index (κ2) is 5.31. The Hall–Kier alpha value is -2.08. The molecule has 0 aliphatic heterocycles. The van der Waals surface area contributed by atoms with Crippen LogP contribution in [0.25, 0.3) is 0 Å². The van der Waals surface area contributed by atoms with Crippen LogP contribution in [-0.2, 0) is 13.1 Å². The van der Waals surface area contributed by atoms with Gasteiger partial charge in [0.25, 0.3) is 5.56 Å². The Kier molecular flexibility index (Phi) is 3.56. The molecule has 0 amide bonds. The van der Waals surface area contributed by atoms with Crippen molar-refractivity contribution in [3.05, 3.63) is 52.2 Å². The molecule has 2 rings (SSSR count). The lowest BCUT2D eigenvalue weighted by Crippen LogP contribution is -2.20. The average Bonchev–Trinajstić information content (AvgIpc) is 2.33. The summed E-state index contributed by atoms with van der Waals surface area (Å²) in [6, 6.07) is 6.96. The molecule has 0 bridgehead atoms. The molecule has 0 atom stereocenters. The molecule has 88 valence electrons. The van der Waals surface area contributed by atoms with E-state index in [-0.39, 0.29) is 5.56 Å². The summed E-state index contributed by atoms with van der Waals surface area (Å²) in [7, 11) is 1.96. The van der Waals surface area contributed by atoms with Gasteiger partial charge in [-0.15, -0.1) is 0 Å². The molecule has 0 radical (unpaired) electrons. The number of nitrogens with zero attached hydrogens (tertiary/aromatic N) is 4. The Morgan fingerprint density at radius 2 is 2.06 bits per heavy atom. The van der Waals surface area contributed by atoms with Gasteiger partial charge in [0.05, 0.1) is 11.4 Å². The predicted octanol–water partition coefficient (Wildman–Crippen LogP) is 0.192. The molecule has 6 heteroatoms. The number of hydrogen-bond donors (Lipinski definition) is 1. The van der Waals surface area contributed by atoms with Crippen LogP contribution in [0.2, 0.25) is 0 Å². The van der Waals surface area contributed by atoms with Crippen molar-refractivity contribution in [2.24, 2.45) is 0 Å². The predicted molar refractivity (Wildman–Crippen MR) is 62.1 cm³/mol. The SMILES string of the molecule is CN(Cc1cccnn1)Cc1ccc(=O)[nH]n1. The Morgan fingerprint density at radius 3 is 2.71 bits per heavy atom. The number of nitrogens with one attached hydrogen (secondary N) is 1. The van der Waals surface area contributed by atoms with Crippen molar-refractivity contribution in [1.29, 1.82) is 0 Å². The Bertz CT molecular complexity index is 504. The zero-order chi connectivity index (χ0) is 12.1. The largest absolute Gasteiger partial charge is 0.295 e. The number of aromatic nitrogens is 4. The van der Waals surface area contributed by atoms with Crippen molar-refractivity contribution in [2.45, 2.75) is 13.1 Å². The van der Waals surface area contributed by atoms with Crippen LogP contribution < -0.4 is 5.56 Å². The van der Waals surface area contributed by atoms with Gasteiger partial charge in [-0.25, -0.2) is 5.10 Å². The molecule has 6 nitrogen and oxygen atoms in total. The normalized spacial score (nSPS) is 10.7. The van der Waals surface area contributed by atoms with E-state index in [1.165, 1.54) is 6.07 Å². The van der Waals surface area contributed by atoms with E-state index in [1.54, 1.807) is 12.3 Å². The van der Waals surface area contributed by atoms with Crippen LogP contribution in [0.4, 0.5) is 0 Å². The van der Waals surface area contributed by atoms with Crippen molar-refractivity contribution in [1.82, 2.24) is 25.3 Å². The minimum atomic E-state index is -0.190. The van der Waals surface area contributed by atoms with Crippen LogP contribution in [0.1, 0.15) is 11.4 Å². The van der Waals surface area contributed by atoms with Gasteiger partial charge in [-0.2, -0.15) is 15.3 Å². The highest BCUT2D eigenvalue weighted by Crippen LogP contribution is 2.01. The summed E-state index contributed by atoms with van der Waals surface area (Å²) < 4.78 is 0. The lowest BCUT2D eigenvalue weighted by atomic mass is 10.3. The molecule has 0 saturated carbocycles. The zero-order valence-electron chi connectivity index (χ0n) is 9.50. The molecule has 2 aromatic heterocycles. The highest BCUT2D eigenvalue weighted by Gasteiger charge is 2.03. The van der Waals surface area contributed by atoms with E-state index in [0.29, 0.717) is 13.1 Å². The zero-order valence-corrected chi connectivity index (χ0v) is 9.50. The monoisotopic (exact) mass is 231 g/mol. The van der Waals surface area contributed by atoms with Crippen LogP contribution in [0.5, 0.6) is 0 Å². The number of H-pyrrole nitrogens is 1. The first kappa shape index (κ1) is 11.4. The third kappa shape index (κ3) is 3.46. The van der Waals surface area contributed by atoms with E-state index in [4.69, 9.17) is 0 Å². The molecule has 2 aromatic rings. The van der Waals surface area contributed by atoms with Crippen molar-refractivity contribution in [2.75, 3.05) is 7.05 Å². The van der Waals surface area contributed by atoms with Crippen LogP contribution in [0.3, 0.4) is 0 Å². The van der Waals surface area contributed by atoms with Gasteiger partial charge in [0.1, 0.15) is 0 Å². The van der Waals surface area contributed by atoms with E-state index in [2.05, 4.69) is 20.4 Å². The number of hydrogen-bond acceptors (Lipinski definition) is 5. The lowest BCUT2D eigenvalue weighted by molar-refractivity contribution is 0.308. The van der Waals surface area contributed by atoms with Crippen molar-refractivity contribution in [3.63, 3.8) is 0 Å². The minimum Gasteiger partial charge on any atom is -0.295 e. The van der Waals surface area contributed by atoms with Crippen LogP contribution in [-0.4, -0.2) is 32.3 Å². The maximum absolute atomic E-state index is 10.8. The Labute approximate surface area is 98.3 Å². The van der Waals surface area contributed by atoms with E-state index in [1.807, 2.05) is 24.1 Å². The molecule has 0 aliphatic rings. The number of rotatable bonds is 4. The fourth-order valence-corrected chi connectivity index (χ4v) is 1.49.